The average Bonchev–Trinajstić information content (AvgIpc) is 2.91. The first-order valence-electron chi connectivity index (χ1n) is 6.47. The average molecular weight is 355 g/mol. The second-order valence-corrected chi connectivity index (χ2v) is 5.31. The Kier molecular flexibility index (Phi) is 5.78. The van der Waals surface area contributed by atoms with E-state index in [2.05, 4.69) is 10.5 Å². The van der Waals surface area contributed by atoms with Crippen LogP contribution in [0.2, 0.25) is 10.0 Å². The molecule has 8 heteroatoms. The van der Waals surface area contributed by atoms with Crippen molar-refractivity contribution in [2.24, 2.45) is 0 Å². The van der Waals surface area contributed by atoms with Crippen LogP contribution in [0, 0.1) is 6.92 Å². The van der Waals surface area contributed by atoms with Crippen LogP contribution in [-0.4, -0.2) is 23.6 Å². The normalized spacial score (nSPS) is 10.7. The summed E-state index contributed by atoms with van der Waals surface area (Å²) in [7, 11) is 0. The summed E-state index contributed by atoms with van der Waals surface area (Å²) in [5, 5.41) is 6.82. The summed E-state index contributed by atoms with van der Waals surface area (Å²) in [5.74, 6) is -1.01. The van der Waals surface area contributed by atoms with Crippen LogP contribution in [0.25, 0.3) is 6.08 Å². The van der Waals surface area contributed by atoms with Crippen LogP contribution >= 0.6 is 23.2 Å². The zero-order valence-electron chi connectivity index (χ0n) is 12.0. The number of nitrogens with one attached hydrogen (secondary N) is 1. The van der Waals surface area contributed by atoms with Crippen molar-refractivity contribution >= 4 is 47.0 Å². The Labute approximate surface area is 142 Å². The molecular weight excluding hydrogens is 343 g/mol. The van der Waals surface area contributed by atoms with E-state index in [4.69, 9.17) is 32.5 Å². The van der Waals surface area contributed by atoms with Gasteiger partial charge in [-0.25, -0.2) is 4.79 Å². The van der Waals surface area contributed by atoms with Crippen LogP contribution in [0.4, 0.5) is 5.88 Å². The number of esters is 1. The first-order chi connectivity index (χ1) is 10.9. The summed E-state index contributed by atoms with van der Waals surface area (Å²) in [6.45, 7) is 1.28. The maximum Gasteiger partial charge on any atom is 0.331 e. The summed E-state index contributed by atoms with van der Waals surface area (Å²) < 4.78 is 9.61. The van der Waals surface area contributed by atoms with Gasteiger partial charge < -0.3 is 9.26 Å². The summed E-state index contributed by atoms with van der Waals surface area (Å²) in [4.78, 5) is 23.1. The van der Waals surface area contributed by atoms with E-state index in [9.17, 15) is 9.59 Å². The van der Waals surface area contributed by atoms with Crippen LogP contribution in [0.15, 0.2) is 34.9 Å². The molecule has 6 nitrogen and oxygen atoms in total. The summed E-state index contributed by atoms with van der Waals surface area (Å²) in [6.07, 6.45) is 2.69. The Bertz CT molecular complexity index is 756. The standard InChI is InChI=1S/C15H12Cl2N2O4/c1-9-6-14(23-19-9)18-13(20)8-22-15(21)5-3-10-2-4-11(16)12(17)7-10/h2-7H,8H2,1H3,(H,18,20)/b5-3+. The molecule has 0 bridgehead atoms. The highest BCUT2D eigenvalue weighted by Crippen LogP contribution is 2.23. The molecule has 0 spiro atoms. The highest BCUT2D eigenvalue weighted by Gasteiger charge is 2.08. The van der Waals surface area contributed by atoms with E-state index in [0.717, 1.165) is 0 Å². The van der Waals surface area contributed by atoms with Crippen molar-refractivity contribution in [2.45, 2.75) is 6.92 Å². The highest BCUT2D eigenvalue weighted by molar-refractivity contribution is 6.42. The molecule has 1 aromatic heterocycles. The molecule has 0 atom stereocenters. The van der Waals surface area contributed by atoms with Gasteiger partial charge in [0.25, 0.3) is 5.91 Å². The summed E-state index contributed by atoms with van der Waals surface area (Å²) in [5.41, 5.74) is 1.31. The highest BCUT2D eigenvalue weighted by atomic mass is 35.5. The van der Waals surface area contributed by atoms with E-state index in [1.807, 2.05) is 0 Å². The Morgan fingerprint density at radius 2 is 2.09 bits per heavy atom. The molecule has 0 saturated heterocycles. The lowest BCUT2D eigenvalue weighted by molar-refractivity contribution is -0.142. The summed E-state index contributed by atoms with van der Waals surface area (Å²) in [6, 6.07) is 6.45. The lowest BCUT2D eigenvalue weighted by atomic mass is 10.2. The lowest BCUT2D eigenvalue weighted by Gasteiger charge is -2.02. The topological polar surface area (TPSA) is 81.4 Å². The number of hydrogen-bond donors (Lipinski definition) is 1. The molecule has 23 heavy (non-hydrogen) atoms. The molecule has 0 aliphatic carbocycles. The van der Waals surface area contributed by atoms with E-state index in [0.29, 0.717) is 21.3 Å². The van der Waals surface area contributed by atoms with Crippen molar-refractivity contribution in [3.8, 4) is 0 Å². The Morgan fingerprint density at radius 1 is 1.30 bits per heavy atom. The molecule has 0 aliphatic rings. The molecule has 0 radical (unpaired) electrons. The SMILES string of the molecule is Cc1cc(NC(=O)COC(=O)/C=C/c2ccc(Cl)c(Cl)c2)on1. The molecule has 0 unspecified atom stereocenters. The Morgan fingerprint density at radius 3 is 2.74 bits per heavy atom. The number of carbonyl (C=O) groups is 2. The van der Waals surface area contributed by atoms with Gasteiger partial charge >= 0.3 is 5.97 Å². The third-order valence-corrected chi connectivity index (χ3v) is 3.33. The molecule has 0 aliphatic heterocycles. The zero-order chi connectivity index (χ0) is 16.8. The van der Waals surface area contributed by atoms with Gasteiger partial charge in [0.05, 0.1) is 15.7 Å². The number of carbonyl (C=O) groups excluding carboxylic acids is 2. The number of aryl methyl sites for hydroxylation is 1. The minimum atomic E-state index is -0.667. The number of rotatable bonds is 5. The predicted octanol–water partition coefficient (Wildman–Crippen LogP) is 3.48. The molecule has 120 valence electrons. The molecule has 1 heterocycles. The molecule has 0 fully saturated rings. The van der Waals surface area contributed by atoms with Crippen LogP contribution in [0.5, 0.6) is 0 Å². The molecule has 1 aromatic carbocycles. The van der Waals surface area contributed by atoms with Crippen LogP contribution in [0.1, 0.15) is 11.3 Å². The molecule has 0 saturated carbocycles. The van der Waals surface area contributed by atoms with Crippen LogP contribution in [0.3, 0.4) is 0 Å². The van der Waals surface area contributed by atoms with Crippen molar-refractivity contribution < 1.29 is 18.8 Å². The smallest absolute Gasteiger partial charge is 0.331 e. The van der Waals surface area contributed by atoms with Gasteiger partial charge in [0.1, 0.15) is 0 Å². The Hall–Kier alpha value is -2.31. The number of benzene rings is 1. The van der Waals surface area contributed by atoms with E-state index >= 15 is 0 Å². The van der Waals surface area contributed by atoms with Gasteiger partial charge in [-0.2, -0.15) is 0 Å². The third-order valence-electron chi connectivity index (χ3n) is 2.59. The molecule has 2 rings (SSSR count). The van der Waals surface area contributed by atoms with E-state index in [-0.39, 0.29) is 5.88 Å². The first-order valence-corrected chi connectivity index (χ1v) is 7.22. The van der Waals surface area contributed by atoms with Crippen molar-refractivity contribution in [2.75, 3.05) is 11.9 Å². The second-order valence-electron chi connectivity index (χ2n) is 4.50. The fourth-order valence-corrected chi connectivity index (χ4v) is 1.87. The number of aromatic nitrogens is 1. The van der Waals surface area contributed by atoms with E-state index in [1.165, 1.54) is 12.2 Å². The quantitative estimate of drug-likeness (QED) is 0.656. The monoisotopic (exact) mass is 354 g/mol. The van der Waals surface area contributed by atoms with Gasteiger partial charge in [0.2, 0.25) is 5.88 Å². The van der Waals surface area contributed by atoms with Gasteiger partial charge in [-0.15, -0.1) is 0 Å². The number of hydrogen-bond acceptors (Lipinski definition) is 5. The van der Waals surface area contributed by atoms with Gasteiger partial charge in [-0.05, 0) is 30.7 Å². The van der Waals surface area contributed by atoms with Crippen LogP contribution in [-0.2, 0) is 14.3 Å². The van der Waals surface area contributed by atoms with Crippen molar-refractivity contribution in [1.82, 2.24) is 5.16 Å². The van der Waals surface area contributed by atoms with E-state index in [1.54, 1.807) is 31.2 Å². The maximum atomic E-state index is 11.6. The van der Waals surface area contributed by atoms with Crippen molar-refractivity contribution in [1.29, 1.82) is 0 Å². The van der Waals surface area contributed by atoms with Gasteiger partial charge in [-0.1, -0.05) is 34.4 Å². The molecular formula is C15H12Cl2N2O4. The fraction of sp³-hybridized carbons (Fsp3) is 0.133. The number of ether oxygens (including phenoxy) is 1. The maximum absolute atomic E-state index is 11.6. The van der Waals surface area contributed by atoms with Crippen molar-refractivity contribution in [3.63, 3.8) is 0 Å². The van der Waals surface area contributed by atoms with Gasteiger partial charge in [0, 0.05) is 12.1 Å². The molecule has 1 N–H and O–H groups in total. The van der Waals surface area contributed by atoms with Gasteiger partial charge in [-0.3, -0.25) is 10.1 Å². The van der Waals surface area contributed by atoms with Crippen molar-refractivity contribution in [3.05, 3.63) is 51.6 Å². The fourth-order valence-electron chi connectivity index (χ4n) is 1.56. The lowest BCUT2D eigenvalue weighted by Crippen LogP contribution is -2.19. The second kappa shape index (κ2) is 7.80. The van der Waals surface area contributed by atoms with Gasteiger partial charge in [0.15, 0.2) is 6.61 Å². The zero-order valence-corrected chi connectivity index (χ0v) is 13.5. The predicted molar refractivity (Wildman–Crippen MR) is 86.3 cm³/mol. The van der Waals surface area contributed by atoms with Crippen LogP contribution < -0.4 is 5.32 Å². The number of amides is 1. The Balaban J connectivity index is 1.81. The largest absolute Gasteiger partial charge is 0.452 e. The first kappa shape index (κ1) is 17.1. The molecule has 1 amide bonds. The number of nitrogens with zero attached hydrogens (tertiary/aromatic N) is 1. The summed E-state index contributed by atoms with van der Waals surface area (Å²) >= 11 is 11.7. The minimum Gasteiger partial charge on any atom is -0.452 e. The third kappa shape index (κ3) is 5.43. The minimum absolute atomic E-state index is 0.190. The number of anilines is 1. The van der Waals surface area contributed by atoms with E-state index < -0.39 is 18.5 Å². The number of halogens is 2. The molecule has 2 aromatic rings.